The summed E-state index contributed by atoms with van der Waals surface area (Å²) in [5.74, 6) is 0.856. The van der Waals surface area contributed by atoms with Gasteiger partial charge in [0, 0.05) is 23.7 Å². The van der Waals surface area contributed by atoms with Gasteiger partial charge in [0.15, 0.2) is 0 Å². The predicted molar refractivity (Wildman–Crippen MR) is 97.1 cm³/mol. The number of aliphatic hydroxyl groups excluding tert-OH is 1. The maximum Gasteiger partial charge on any atom is 0.130 e. The first kappa shape index (κ1) is 15.6. The van der Waals surface area contributed by atoms with Crippen molar-refractivity contribution in [2.45, 2.75) is 18.9 Å². The molecule has 0 bridgehead atoms. The molecule has 3 heterocycles. The molecule has 1 atom stereocenters. The molecule has 4 rings (SSSR count). The summed E-state index contributed by atoms with van der Waals surface area (Å²) in [5, 5.41) is 19.8. The van der Waals surface area contributed by atoms with Crippen LogP contribution in [-0.4, -0.2) is 34.3 Å². The van der Waals surface area contributed by atoms with Crippen LogP contribution in [0.4, 0.5) is 5.82 Å². The Morgan fingerprint density at radius 1 is 1.24 bits per heavy atom. The number of anilines is 1. The number of rotatable bonds is 3. The van der Waals surface area contributed by atoms with Crippen molar-refractivity contribution in [1.82, 2.24) is 9.97 Å². The first-order valence-corrected chi connectivity index (χ1v) is 8.44. The Balaban J connectivity index is 1.91. The molecule has 5 heteroatoms. The molecule has 1 N–H and O–H groups in total. The SMILES string of the molecule is N#Cc1cccc(-c2nc(N3CCC[C@H]3CO)cc3cccnc23)c1. The van der Waals surface area contributed by atoms with Crippen molar-refractivity contribution >= 4 is 16.7 Å². The highest BCUT2D eigenvalue weighted by Crippen LogP contribution is 2.32. The molecule has 0 aliphatic carbocycles. The van der Waals surface area contributed by atoms with E-state index in [9.17, 15) is 10.4 Å². The normalized spacial score (nSPS) is 17.0. The number of benzene rings is 1. The molecule has 0 unspecified atom stereocenters. The van der Waals surface area contributed by atoms with Gasteiger partial charge in [0.1, 0.15) is 5.82 Å². The topological polar surface area (TPSA) is 73.0 Å². The van der Waals surface area contributed by atoms with Crippen LogP contribution < -0.4 is 4.90 Å². The summed E-state index contributed by atoms with van der Waals surface area (Å²) in [5.41, 5.74) is 3.07. The summed E-state index contributed by atoms with van der Waals surface area (Å²) in [6.07, 6.45) is 3.79. The minimum absolute atomic E-state index is 0.111. The van der Waals surface area contributed by atoms with Gasteiger partial charge < -0.3 is 10.0 Å². The monoisotopic (exact) mass is 330 g/mol. The molecule has 0 spiro atoms. The molecule has 0 saturated carbocycles. The fourth-order valence-corrected chi connectivity index (χ4v) is 3.48. The maximum absolute atomic E-state index is 9.65. The highest BCUT2D eigenvalue weighted by molar-refractivity contribution is 5.93. The minimum atomic E-state index is 0.111. The molecule has 0 radical (unpaired) electrons. The van der Waals surface area contributed by atoms with Crippen LogP contribution in [0.2, 0.25) is 0 Å². The highest BCUT2D eigenvalue weighted by atomic mass is 16.3. The molecule has 1 aromatic carbocycles. The van der Waals surface area contributed by atoms with E-state index in [-0.39, 0.29) is 12.6 Å². The van der Waals surface area contributed by atoms with Gasteiger partial charge in [-0.15, -0.1) is 0 Å². The number of nitriles is 1. The summed E-state index contributed by atoms with van der Waals surface area (Å²) >= 11 is 0. The lowest BCUT2D eigenvalue weighted by Gasteiger charge is -2.25. The van der Waals surface area contributed by atoms with Crippen LogP contribution in [0.1, 0.15) is 18.4 Å². The fraction of sp³-hybridized carbons (Fsp3) is 0.250. The first-order chi connectivity index (χ1) is 12.3. The van der Waals surface area contributed by atoms with Crippen molar-refractivity contribution in [1.29, 1.82) is 5.26 Å². The summed E-state index contributed by atoms with van der Waals surface area (Å²) in [4.78, 5) is 11.5. The number of hydrogen-bond acceptors (Lipinski definition) is 5. The highest BCUT2D eigenvalue weighted by Gasteiger charge is 2.26. The smallest absolute Gasteiger partial charge is 0.130 e. The van der Waals surface area contributed by atoms with Crippen molar-refractivity contribution in [2.75, 3.05) is 18.1 Å². The van der Waals surface area contributed by atoms with Gasteiger partial charge in [0.25, 0.3) is 0 Å². The second-order valence-corrected chi connectivity index (χ2v) is 6.27. The molecular formula is C20H18N4O. The van der Waals surface area contributed by atoms with Gasteiger partial charge in [0.2, 0.25) is 0 Å². The van der Waals surface area contributed by atoms with Crippen molar-refractivity contribution in [2.24, 2.45) is 0 Å². The standard InChI is InChI=1S/C20H18N4O/c21-12-14-4-1-5-15(10-14)20-19-16(6-2-8-22-19)11-18(23-20)24-9-3-7-17(24)13-25/h1-2,4-6,8,10-11,17,25H,3,7,9,13H2/t17-/m0/s1. The quantitative estimate of drug-likeness (QED) is 0.799. The second-order valence-electron chi connectivity index (χ2n) is 6.27. The third-order valence-corrected chi connectivity index (χ3v) is 4.72. The molecule has 2 aromatic heterocycles. The molecule has 1 fully saturated rings. The number of nitrogens with zero attached hydrogens (tertiary/aromatic N) is 4. The van der Waals surface area contributed by atoms with Gasteiger partial charge in [-0.3, -0.25) is 4.98 Å². The van der Waals surface area contributed by atoms with E-state index in [2.05, 4.69) is 16.0 Å². The minimum Gasteiger partial charge on any atom is -0.394 e. The predicted octanol–water partition coefficient (Wildman–Crippen LogP) is 3.13. The Morgan fingerprint density at radius 2 is 2.16 bits per heavy atom. The summed E-state index contributed by atoms with van der Waals surface area (Å²) in [6.45, 7) is 1.02. The number of aliphatic hydroxyl groups is 1. The molecule has 3 aromatic rings. The van der Waals surface area contributed by atoms with Crippen LogP contribution in [0.5, 0.6) is 0 Å². The van der Waals surface area contributed by atoms with E-state index in [0.29, 0.717) is 5.56 Å². The molecular weight excluding hydrogens is 312 g/mol. The summed E-state index contributed by atoms with van der Waals surface area (Å²) in [6, 6.07) is 15.7. The van der Waals surface area contributed by atoms with E-state index in [1.165, 1.54) is 0 Å². The van der Waals surface area contributed by atoms with E-state index >= 15 is 0 Å². The van der Waals surface area contributed by atoms with E-state index in [4.69, 9.17) is 4.98 Å². The average Bonchev–Trinajstić information content (AvgIpc) is 3.16. The number of aromatic nitrogens is 2. The van der Waals surface area contributed by atoms with Crippen molar-refractivity contribution in [3.63, 3.8) is 0 Å². The second kappa shape index (κ2) is 6.50. The molecule has 25 heavy (non-hydrogen) atoms. The van der Waals surface area contributed by atoms with Crippen LogP contribution >= 0.6 is 0 Å². The van der Waals surface area contributed by atoms with E-state index < -0.39 is 0 Å². The zero-order chi connectivity index (χ0) is 17.2. The van der Waals surface area contributed by atoms with Gasteiger partial charge in [-0.1, -0.05) is 18.2 Å². The van der Waals surface area contributed by atoms with Gasteiger partial charge in [-0.2, -0.15) is 5.26 Å². The van der Waals surface area contributed by atoms with Crippen LogP contribution in [0.3, 0.4) is 0 Å². The van der Waals surface area contributed by atoms with Crippen LogP contribution in [0.25, 0.3) is 22.2 Å². The zero-order valence-corrected chi connectivity index (χ0v) is 13.8. The summed E-state index contributed by atoms with van der Waals surface area (Å²) < 4.78 is 0. The average molecular weight is 330 g/mol. The number of pyridine rings is 2. The van der Waals surface area contributed by atoms with Gasteiger partial charge in [-0.25, -0.2) is 4.98 Å². The maximum atomic E-state index is 9.65. The van der Waals surface area contributed by atoms with Crippen LogP contribution in [0.15, 0.2) is 48.7 Å². The fourth-order valence-electron chi connectivity index (χ4n) is 3.48. The van der Waals surface area contributed by atoms with Crippen molar-refractivity contribution < 1.29 is 5.11 Å². The Labute approximate surface area is 146 Å². The first-order valence-electron chi connectivity index (χ1n) is 8.44. The van der Waals surface area contributed by atoms with Crippen LogP contribution in [-0.2, 0) is 0 Å². The Morgan fingerprint density at radius 3 is 3.00 bits per heavy atom. The summed E-state index contributed by atoms with van der Waals surface area (Å²) in [7, 11) is 0. The lowest BCUT2D eigenvalue weighted by atomic mass is 10.1. The number of fused-ring (bicyclic) bond motifs is 1. The molecule has 1 saturated heterocycles. The van der Waals surface area contributed by atoms with Crippen molar-refractivity contribution in [3.05, 3.63) is 54.2 Å². The Bertz CT molecular complexity index is 963. The molecule has 124 valence electrons. The molecule has 0 amide bonds. The number of hydrogen-bond donors (Lipinski definition) is 1. The lowest BCUT2D eigenvalue weighted by molar-refractivity contribution is 0.266. The Kier molecular flexibility index (Phi) is 4.04. The third kappa shape index (κ3) is 2.81. The van der Waals surface area contributed by atoms with E-state index in [0.717, 1.165) is 47.4 Å². The van der Waals surface area contributed by atoms with E-state index in [1.54, 1.807) is 12.3 Å². The van der Waals surface area contributed by atoms with Gasteiger partial charge >= 0.3 is 0 Å². The van der Waals surface area contributed by atoms with E-state index in [1.807, 2.05) is 36.4 Å². The van der Waals surface area contributed by atoms with Gasteiger partial charge in [-0.05, 0) is 37.1 Å². The third-order valence-electron chi connectivity index (χ3n) is 4.72. The van der Waals surface area contributed by atoms with Crippen molar-refractivity contribution in [3.8, 4) is 17.3 Å². The zero-order valence-electron chi connectivity index (χ0n) is 13.8. The Hall–Kier alpha value is -2.97. The molecule has 1 aliphatic heterocycles. The largest absolute Gasteiger partial charge is 0.394 e. The van der Waals surface area contributed by atoms with Gasteiger partial charge in [0.05, 0.1) is 35.5 Å². The molecule has 1 aliphatic rings. The van der Waals surface area contributed by atoms with Crippen LogP contribution in [0, 0.1) is 11.3 Å². The lowest BCUT2D eigenvalue weighted by Crippen LogP contribution is -2.32. The molecule has 5 nitrogen and oxygen atoms in total.